The summed E-state index contributed by atoms with van der Waals surface area (Å²) >= 11 is 6.02. The number of nitrogens with zero attached hydrogens (tertiary/aromatic N) is 1. The van der Waals surface area contributed by atoms with E-state index in [0.717, 1.165) is 5.56 Å². The summed E-state index contributed by atoms with van der Waals surface area (Å²) in [6, 6.07) is 12.3. The summed E-state index contributed by atoms with van der Waals surface area (Å²) in [5, 5.41) is 3.13. The molecule has 7 heteroatoms. The maximum atomic E-state index is 12.3. The molecule has 0 bridgehead atoms. The van der Waals surface area contributed by atoms with Crippen molar-refractivity contribution in [2.24, 2.45) is 0 Å². The van der Waals surface area contributed by atoms with Gasteiger partial charge in [0.1, 0.15) is 0 Å². The van der Waals surface area contributed by atoms with E-state index in [2.05, 4.69) is 5.32 Å². The lowest BCUT2D eigenvalue weighted by molar-refractivity contribution is -0.129. The molecular formula is C22H25ClN2O4. The third-order valence-electron chi connectivity index (χ3n) is 3.87. The van der Waals surface area contributed by atoms with Crippen LogP contribution in [0.25, 0.3) is 6.08 Å². The monoisotopic (exact) mass is 416 g/mol. The molecule has 29 heavy (non-hydrogen) atoms. The third-order valence-corrected chi connectivity index (χ3v) is 4.20. The van der Waals surface area contributed by atoms with E-state index in [9.17, 15) is 9.59 Å². The molecule has 0 saturated heterocycles. The van der Waals surface area contributed by atoms with E-state index in [1.54, 1.807) is 56.6 Å². The number of carbonyl (C=O) groups is 2. The molecule has 154 valence electrons. The fraction of sp³-hybridized carbons (Fsp3) is 0.273. The number of ether oxygens (including phenoxy) is 2. The molecule has 0 atom stereocenters. The molecule has 1 N–H and O–H groups in total. The summed E-state index contributed by atoms with van der Waals surface area (Å²) in [7, 11) is 3.12. The second kappa shape index (κ2) is 10.5. The molecule has 0 heterocycles. The van der Waals surface area contributed by atoms with Crippen LogP contribution >= 0.6 is 11.6 Å². The maximum Gasteiger partial charge on any atom is 0.246 e. The normalized spacial score (nSPS) is 10.8. The van der Waals surface area contributed by atoms with Crippen molar-refractivity contribution >= 4 is 35.2 Å². The number of methoxy groups -OCH3 is 1. The van der Waals surface area contributed by atoms with Gasteiger partial charge in [-0.2, -0.15) is 0 Å². The molecule has 0 aliphatic carbocycles. The number of benzene rings is 2. The predicted octanol–water partition coefficient (Wildman–Crippen LogP) is 4.25. The van der Waals surface area contributed by atoms with Gasteiger partial charge in [0, 0.05) is 13.1 Å². The van der Waals surface area contributed by atoms with Gasteiger partial charge in [0.2, 0.25) is 11.8 Å². The topological polar surface area (TPSA) is 67.9 Å². The Hall–Kier alpha value is -2.99. The van der Waals surface area contributed by atoms with Crippen LogP contribution in [0.4, 0.5) is 5.69 Å². The molecule has 0 fully saturated rings. The van der Waals surface area contributed by atoms with E-state index in [1.165, 1.54) is 11.0 Å². The molecule has 6 nitrogen and oxygen atoms in total. The van der Waals surface area contributed by atoms with Gasteiger partial charge in [0.25, 0.3) is 0 Å². The number of hydrogen-bond donors (Lipinski definition) is 1. The van der Waals surface area contributed by atoms with Gasteiger partial charge in [-0.15, -0.1) is 0 Å². The van der Waals surface area contributed by atoms with Crippen molar-refractivity contribution in [1.29, 1.82) is 0 Å². The van der Waals surface area contributed by atoms with E-state index < -0.39 is 0 Å². The van der Waals surface area contributed by atoms with Gasteiger partial charge in [-0.25, -0.2) is 0 Å². The van der Waals surface area contributed by atoms with Gasteiger partial charge in [0.15, 0.2) is 11.5 Å². The van der Waals surface area contributed by atoms with Crippen LogP contribution in [0.5, 0.6) is 11.5 Å². The molecule has 2 rings (SSSR count). The first-order valence-corrected chi connectivity index (χ1v) is 9.50. The number of nitrogens with one attached hydrogen (secondary N) is 1. The van der Waals surface area contributed by atoms with Crippen LogP contribution in [0.1, 0.15) is 19.4 Å². The fourth-order valence-electron chi connectivity index (χ4n) is 2.48. The first-order chi connectivity index (χ1) is 13.8. The molecule has 2 aromatic rings. The SMILES string of the molecule is COc1cc(/C=C/C(=O)N(C)CC(=O)Nc2ccccc2Cl)ccc1OC(C)C. The molecule has 0 aromatic heterocycles. The Kier molecular flexibility index (Phi) is 8.09. The van der Waals surface area contributed by atoms with Crippen LogP contribution in [0.15, 0.2) is 48.5 Å². The maximum absolute atomic E-state index is 12.3. The summed E-state index contributed by atoms with van der Waals surface area (Å²) < 4.78 is 11.0. The minimum Gasteiger partial charge on any atom is -0.493 e. The highest BCUT2D eigenvalue weighted by atomic mass is 35.5. The molecule has 0 saturated carbocycles. The zero-order valence-electron chi connectivity index (χ0n) is 16.9. The van der Waals surface area contributed by atoms with E-state index in [4.69, 9.17) is 21.1 Å². The van der Waals surface area contributed by atoms with Crippen LogP contribution in [-0.2, 0) is 9.59 Å². The first-order valence-electron chi connectivity index (χ1n) is 9.12. The van der Waals surface area contributed by atoms with Crippen molar-refractivity contribution in [2.45, 2.75) is 20.0 Å². The lowest BCUT2D eigenvalue weighted by Gasteiger charge is -2.15. The van der Waals surface area contributed by atoms with Crippen LogP contribution in [0.2, 0.25) is 5.02 Å². The number of halogens is 1. The summed E-state index contributed by atoms with van der Waals surface area (Å²) in [4.78, 5) is 25.8. The van der Waals surface area contributed by atoms with E-state index in [0.29, 0.717) is 22.2 Å². The Labute approximate surface area is 176 Å². The molecule has 0 aliphatic heterocycles. The van der Waals surface area contributed by atoms with Gasteiger partial charge in [0.05, 0.1) is 30.5 Å². The fourth-order valence-corrected chi connectivity index (χ4v) is 2.66. The molecular weight excluding hydrogens is 392 g/mol. The van der Waals surface area contributed by atoms with Crippen LogP contribution in [0.3, 0.4) is 0 Å². The average molecular weight is 417 g/mol. The van der Waals surface area contributed by atoms with E-state index in [-0.39, 0.29) is 24.5 Å². The van der Waals surface area contributed by atoms with Crippen LogP contribution in [-0.4, -0.2) is 43.5 Å². The van der Waals surface area contributed by atoms with Crippen LogP contribution in [0, 0.1) is 0 Å². The van der Waals surface area contributed by atoms with Crippen molar-refractivity contribution < 1.29 is 19.1 Å². The summed E-state index contributed by atoms with van der Waals surface area (Å²) in [6.07, 6.45) is 3.09. The number of rotatable bonds is 8. The first kappa shape index (κ1) is 22.3. The molecule has 0 unspecified atom stereocenters. The lowest BCUT2D eigenvalue weighted by Crippen LogP contribution is -2.33. The zero-order chi connectivity index (χ0) is 21.4. The highest BCUT2D eigenvalue weighted by Gasteiger charge is 2.12. The van der Waals surface area contributed by atoms with Crippen molar-refractivity contribution in [2.75, 3.05) is 26.0 Å². The average Bonchev–Trinajstić information content (AvgIpc) is 2.68. The molecule has 0 radical (unpaired) electrons. The standard InChI is InChI=1S/C22H25ClN2O4/c1-15(2)29-19-11-9-16(13-20(19)28-4)10-12-22(27)25(3)14-21(26)24-18-8-6-5-7-17(18)23/h5-13,15H,14H2,1-4H3,(H,24,26)/b12-10+. The molecule has 2 amide bonds. The second-order valence-electron chi connectivity index (χ2n) is 6.63. The van der Waals surface area contributed by atoms with Gasteiger partial charge in [-0.3, -0.25) is 9.59 Å². The smallest absolute Gasteiger partial charge is 0.246 e. The van der Waals surface area contributed by atoms with Crippen molar-refractivity contribution in [3.8, 4) is 11.5 Å². The van der Waals surface area contributed by atoms with Gasteiger partial charge in [-0.05, 0) is 49.8 Å². The predicted molar refractivity (Wildman–Crippen MR) is 116 cm³/mol. The van der Waals surface area contributed by atoms with Crippen LogP contribution < -0.4 is 14.8 Å². The number of hydrogen-bond acceptors (Lipinski definition) is 4. The Morgan fingerprint density at radius 1 is 1.17 bits per heavy atom. The minimum absolute atomic E-state index is 0.0254. The summed E-state index contributed by atoms with van der Waals surface area (Å²) in [5.41, 5.74) is 1.28. The number of para-hydroxylation sites is 1. The van der Waals surface area contributed by atoms with E-state index in [1.807, 2.05) is 19.9 Å². The third kappa shape index (κ3) is 6.84. The summed E-state index contributed by atoms with van der Waals surface area (Å²) in [6.45, 7) is 3.77. The number of amides is 2. The van der Waals surface area contributed by atoms with Crippen molar-refractivity contribution in [3.05, 3.63) is 59.1 Å². The zero-order valence-corrected chi connectivity index (χ0v) is 17.7. The van der Waals surface area contributed by atoms with Gasteiger partial charge < -0.3 is 19.7 Å². The number of carbonyl (C=O) groups excluding carboxylic acids is 2. The van der Waals surface area contributed by atoms with Crippen molar-refractivity contribution in [3.63, 3.8) is 0 Å². The Bertz CT molecular complexity index is 896. The van der Waals surface area contributed by atoms with Crippen molar-refractivity contribution in [1.82, 2.24) is 4.90 Å². The Balaban J connectivity index is 1.97. The number of anilines is 1. The molecule has 0 spiro atoms. The lowest BCUT2D eigenvalue weighted by atomic mass is 10.2. The minimum atomic E-state index is -0.334. The van der Waals surface area contributed by atoms with E-state index >= 15 is 0 Å². The largest absolute Gasteiger partial charge is 0.493 e. The summed E-state index contributed by atoms with van der Waals surface area (Å²) in [5.74, 6) is 0.583. The van der Waals surface area contributed by atoms with Gasteiger partial charge >= 0.3 is 0 Å². The highest BCUT2D eigenvalue weighted by molar-refractivity contribution is 6.33. The number of likely N-dealkylation sites (N-methyl/N-ethyl adjacent to an activating group) is 1. The Morgan fingerprint density at radius 2 is 1.90 bits per heavy atom. The Morgan fingerprint density at radius 3 is 2.55 bits per heavy atom. The quantitative estimate of drug-likeness (QED) is 0.653. The molecule has 2 aromatic carbocycles. The molecule has 0 aliphatic rings. The second-order valence-corrected chi connectivity index (χ2v) is 7.04. The highest BCUT2D eigenvalue weighted by Crippen LogP contribution is 2.29. The van der Waals surface area contributed by atoms with Gasteiger partial charge in [-0.1, -0.05) is 29.8 Å².